The van der Waals surface area contributed by atoms with E-state index in [4.69, 9.17) is 21.1 Å². The minimum absolute atomic E-state index is 0.0232. The van der Waals surface area contributed by atoms with Crippen LogP contribution in [0.25, 0.3) is 6.08 Å². The zero-order valence-electron chi connectivity index (χ0n) is 17.3. The highest BCUT2D eigenvalue weighted by Gasteiger charge is 2.24. The molecule has 3 aromatic carbocycles. The lowest BCUT2D eigenvalue weighted by molar-refractivity contribution is -0.115. The number of benzene rings is 3. The van der Waals surface area contributed by atoms with Crippen LogP contribution in [0.1, 0.15) is 11.1 Å². The molecule has 1 aliphatic rings. The van der Waals surface area contributed by atoms with Gasteiger partial charge in [-0.25, -0.2) is 13.8 Å². The van der Waals surface area contributed by atoms with E-state index in [0.717, 1.165) is 11.8 Å². The Morgan fingerprint density at radius 2 is 1.88 bits per heavy atom. The molecule has 0 unspecified atom stereocenters. The van der Waals surface area contributed by atoms with Crippen molar-refractivity contribution in [3.05, 3.63) is 93.4 Å². The summed E-state index contributed by atoms with van der Waals surface area (Å²) in [5.74, 6) is -0.456. The van der Waals surface area contributed by atoms with Gasteiger partial charge < -0.3 is 14.8 Å². The molecule has 1 aliphatic heterocycles. The summed E-state index contributed by atoms with van der Waals surface area (Å²) in [6, 6.07) is 15.2. The molecule has 168 valence electrons. The fourth-order valence-electron chi connectivity index (χ4n) is 2.99. The molecule has 4 rings (SSSR count). The molecule has 0 radical (unpaired) electrons. The Morgan fingerprint density at radius 1 is 1.12 bits per heavy atom. The number of nitrogens with zero attached hydrogens (tertiary/aromatic N) is 1. The number of aliphatic imine (C=N–C) groups is 1. The highest BCUT2D eigenvalue weighted by Crippen LogP contribution is 2.38. The van der Waals surface area contributed by atoms with E-state index in [9.17, 15) is 13.6 Å². The van der Waals surface area contributed by atoms with E-state index in [1.807, 2.05) is 0 Å². The Bertz CT molecular complexity index is 1260. The quantitative estimate of drug-likeness (QED) is 0.428. The van der Waals surface area contributed by atoms with Crippen molar-refractivity contribution in [3.8, 4) is 11.5 Å². The average molecular weight is 487 g/mol. The number of methoxy groups -OCH3 is 1. The summed E-state index contributed by atoms with van der Waals surface area (Å²) in [4.78, 5) is 17.1. The Balaban J connectivity index is 1.54. The largest absolute Gasteiger partial charge is 0.493 e. The second kappa shape index (κ2) is 10.1. The fourth-order valence-corrected chi connectivity index (χ4v) is 4.11. The van der Waals surface area contributed by atoms with Gasteiger partial charge in [-0.2, -0.15) is 0 Å². The molecular weight excluding hydrogens is 470 g/mol. The maximum Gasteiger partial charge on any atom is 0.264 e. The van der Waals surface area contributed by atoms with Crippen molar-refractivity contribution in [1.29, 1.82) is 0 Å². The molecule has 1 amide bonds. The molecule has 1 fully saturated rings. The Labute approximate surface area is 198 Å². The van der Waals surface area contributed by atoms with Crippen LogP contribution < -0.4 is 14.8 Å². The third-order valence-corrected chi connectivity index (χ3v) is 5.78. The van der Waals surface area contributed by atoms with Crippen molar-refractivity contribution in [1.82, 2.24) is 5.32 Å². The number of amidine groups is 1. The average Bonchev–Trinajstić information content (AvgIpc) is 3.13. The monoisotopic (exact) mass is 486 g/mol. The lowest BCUT2D eigenvalue weighted by Crippen LogP contribution is -2.19. The van der Waals surface area contributed by atoms with Gasteiger partial charge in [0.25, 0.3) is 5.91 Å². The van der Waals surface area contributed by atoms with Crippen LogP contribution in [0.5, 0.6) is 11.5 Å². The van der Waals surface area contributed by atoms with Gasteiger partial charge in [-0.1, -0.05) is 29.8 Å². The van der Waals surface area contributed by atoms with Gasteiger partial charge in [-0.05, 0) is 65.9 Å². The third kappa shape index (κ3) is 5.53. The van der Waals surface area contributed by atoms with Crippen molar-refractivity contribution in [2.45, 2.75) is 6.61 Å². The summed E-state index contributed by atoms with van der Waals surface area (Å²) in [7, 11) is 1.46. The topological polar surface area (TPSA) is 59.9 Å². The Morgan fingerprint density at radius 3 is 2.61 bits per heavy atom. The minimum Gasteiger partial charge on any atom is -0.493 e. The van der Waals surface area contributed by atoms with E-state index in [1.165, 1.54) is 37.4 Å². The van der Waals surface area contributed by atoms with Crippen LogP contribution in [0.3, 0.4) is 0 Å². The van der Waals surface area contributed by atoms with Crippen LogP contribution in [-0.4, -0.2) is 18.2 Å². The van der Waals surface area contributed by atoms with Crippen LogP contribution in [0.2, 0.25) is 5.02 Å². The number of ether oxygens (including phenoxy) is 2. The zero-order chi connectivity index (χ0) is 23.4. The molecule has 3 aromatic rings. The first kappa shape index (κ1) is 22.8. The molecule has 0 spiro atoms. The summed E-state index contributed by atoms with van der Waals surface area (Å²) >= 11 is 7.55. The number of carbonyl (C=O) groups excluding carboxylic acids is 1. The van der Waals surface area contributed by atoms with Crippen molar-refractivity contribution in [2.75, 3.05) is 7.11 Å². The van der Waals surface area contributed by atoms with Crippen molar-refractivity contribution in [3.63, 3.8) is 0 Å². The van der Waals surface area contributed by atoms with Crippen molar-refractivity contribution in [2.24, 2.45) is 4.99 Å². The molecule has 5 nitrogen and oxygen atoms in total. The summed E-state index contributed by atoms with van der Waals surface area (Å²) in [5.41, 5.74) is 1.51. The molecule has 0 aliphatic carbocycles. The predicted molar refractivity (Wildman–Crippen MR) is 126 cm³/mol. The normalized spacial score (nSPS) is 15.7. The minimum atomic E-state index is -0.378. The van der Waals surface area contributed by atoms with E-state index in [-0.39, 0.29) is 34.9 Å². The van der Waals surface area contributed by atoms with E-state index in [0.29, 0.717) is 32.6 Å². The smallest absolute Gasteiger partial charge is 0.264 e. The number of hydrogen-bond acceptors (Lipinski definition) is 5. The van der Waals surface area contributed by atoms with Gasteiger partial charge in [-0.3, -0.25) is 4.79 Å². The van der Waals surface area contributed by atoms with Gasteiger partial charge in [0.05, 0.1) is 22.7 Å². The van der Waals surface area contributed by atoms with E-state index >= 15 is 0 Å². The lowest BCUT2D eigenvalue weighted by atomic mass is 10.1. The number of rotatable bonds is 6. The first-order valence-electron chi connectivity index (χ1n) is 9.72. The van der Waals surface area contributed by atoms with E-state index < -0.39 is 0 Å². The molecule has 1 heterocycles. The standard InChI is InChI=1S/C24H17ClF2N2O3S/c1-31-20-11-14(10-18(25)22(20)32-13-15-4-2-3-5-19(15)27)12-21-23(30)29-24(33-21)28-17-8-6-16(26)7-9-17/h2-12H,13H2,1H3,(H,28,29,30)/b21-12+. The summed E-state index contributed by atoms with van der Waals surface area (Å²) in [6.45, 7) is -0.0232. The van der Waals surface area contributed by atoms with Crippen LogP contribution in [0.15, 0.2) is 70.6 Å². The van der Waals surface area contributed by atoms with Gasteiger partial charge in [-0.15, -0.1) is 0 Å². The molecule has 0 aromatic heterocycles. The molecule has 1 N–H and O–H groups in total. The number of thioether (sulfide) groups is 1. The number of amides is 1. The molecular formula is C24H17ClF2N2O3S. The summed E-state index contributed by atoms with van der Waals surface area (Å²) in [6.07, 6.45) is 1.64. The van der Waals surface area contributed by atoms with Gasteiger partial charge in [0, 0.05) is 5.56 Å². The molecule has 0 atom stereocenters. The Hall–Kier alpha value is -3.36. The SMILES string of the molecule is COc1cc(/C=C2/SC(=Nc3ccc(F)cc3)NC2=O)cc(Cl)c1OCc1ccccc1F. The number of halogens is 3. The molecule has 0 saturated carbocycles. The highest BCUT2D eigenvalue weighted by molar-refractivity contribution is 8.18. The van der Waals surface area contributed by atoms with Gasteiger partial charge in [0.15, 0.2) is 16.7 Å². The van der Waals surface area contributed by atoms with Crippen LogP contribution in [-0.2, 0) is 11.4 Å². The highest BCUT2D eigenvalue weighted by atomic mass is 35.5. The van der Waals surface area contributed by atoms with Gasteiger partial charge in [0.2, 0.25) is 0 Å². The number of hydrogen-bond donors (Lipinski definition) is 1. The van der Waals surface area contributed by atoms with Crippen LogP contribution in [0.4, 0.5) is 14.5 Å². The maximum absolute atomic E-state index is 13.9. The molecule has 0 bridgehead atoms. The first-order valence-corrected chi connectivity index (χ1v) is 10.9. The summed E-state index contributed by atoms with van der Waals surface area (Å²) < 4.78 is 38.0. The number of carbonyl (C=O) groups is 1. The maximum atomic E-state index is 13.9. The van der Waals surface area contributed by atoms with E-state index in [1.54, 1.807) is 36.4 Å². The summed E-state index contributed by atoms with van der Waals surface area (Å²) in [5, 5.41) is 3.30. The van der Waals surface area contributed by atoms with Gasteiger partial charge >= 0.3 is 0 Å². The van der Waals surface area contributed by atoms with Crippen molar-refractivity contribution < 1.29 is 23.0 Å². The molecule has 33 heavy (non-hydrogen) atoms. The fraction of sp³-hybridized carbons (Fsp3) is 0.0833. The zero-order valence-corrected chi connectivity index (χ0v) is 18.8. The second-order valence-electron chi connectivity index (χ2n) is 6.87. The molecule has 1 saturated heterocycles. The van der Waals surface area contributed by atoms with E-state index in [2.05, 4.69) is 10.3 Å². The second-order valence-corrected chi connectivity index (χ2v) is 8.31. The first-order chi connectivity index (χ1) is 15.9. The Kier molecular flexibility index (Phi) is 6.96. The van der Waals surface area contributed by atoms with Crippen molar-refractivity contribution >= 4 is 46.2 Å². The third-order valence-electron chi connectivity index (χ3n) is 4.59. The lowest BCUT2D eigenvalue weighted by Gasteiger charge is -2.14. The number of nitrogens with one attached hydrogen (secondary N) is 1. The molecule has 9 heteroatoms. The predicted octanol–water partition coefficient (Wildman–Crippen LogP) is 6.10. The van der Waals surface area contributed by atoms with Crippen LogP contribution >= 0.6 is 23.4 Å². The van der Waals surface area contributed by atoms with Crippen LogP contribution in [0, 0.1) is 11.6 Å². The van der Waals surface area contributed by atoms with Gasteiger partial charge in [0.1, 0.15) is 18.2 Å².